The summed E-state index contributed by atoms with van der Waals surface area (Å²) >= 11 is 9.96. The van der Waals surface area contributed by atoms with Gasteiger partial charge in [-0.05, 0) is 371 Å². The van der Waals surface area contributed by atoms with E-state index in [4.69, 9.17) is 0 Å². The number of benzene rings is 12. The summed E-state index contributed by atoms with van der Waals surface area (Å²) in [6.45, 7) is 57.9. The summed E-state index contributed by atoms with van der Waals surface area (Å²) in [7, 11) is 0. The third-order valence-corrected chi connectivity index (χ3v) is 25.5. The molecule has 14 rings (SSSR count). The Hall–Kier alpha value is -6.18. The van der Waals surface area contributed by atoms with Gasteiger partial charge in [-0.15, -0.1) is 0 Å². The maximum absolute atomic E-state index is 2.62. The second-order valence-corrected chi connectivity index (χ2v) is 43.8. The molecule has 0 fully saturated rings. The van der Waals surface area contributed by atoms with Gasteiger partial charge in [0, 0.05) is 14.3 Å². The van der Waals surface area contributed by atoms with E-state index in [1.807, 2.05) is 0 Å². The van der Waals surface area contributed by atoms with E-state index in [0.717, 1.165) is 0 Å². The van der Waals surface area contributed by atoms with Crippen molar-refractivity contribution in [1.82, 2.24) is 0 Å². The summed E-state index contributed by atoms with van der Waals surface area (Å²) in [5.74, 6) is 0. The molecule has 0 atom stereocenters. The number of hydrogen-bond donors (Lipinski definition) is 0. The highest BCUT2D eigenvalue weighted by Crippen LogP contribution is 2.68. The standard InChI is InChI=1S/C102H104I4/c1-95(2,3)65-45-61(46-66(53-65)96(4,5)6)85-86(62-47-67(97(7,8)9)54-68(48-62)98(10,11)12)88(64-51-71(101(19,20)21)56-72(52-64)102(22,23)24)94-80-44-42-78-89-77(41-43-79(90(80)89)93(94)87(85)63-49-69(99(13,14)15)55-70(50-63)100(16,17)18)91-83(59-29-37-75(105)38-30-59)81(57-25-33-73(103)34-26-57)82(58-27-35-74(104)36-28-58)84(92(78)91)60-31-39-76(106)40-32-60/h25-56H,1-24H3. The van der Waals surface area contributed by atoms with E-state index >= 15 is 0 Å². The highest BCUT2D eigenvalue weighted by Gasteiger charge is 2.42. The van der Waals surface area contributed by atoms with Crippen LogP contribution in [0, 0.1) is 14.3 Å². The summed E-state index contributed by atoms with van der Waals surface area (Å²) < 4.78 is 4.83. The first-order chi connectivity index (χ1) is 49.2. The van der Waals surface area contributed by atoms with Crippen molar-refractivity contribution >= 4 is 101 Å². The van der Waals surface area contributed by atoms with Crippen LogP contribution in [-0.4, -0.2) is 0 Å². The maximum atomic E-state index is 2.62. The van der Waals surface area contributed by atoms with Crippen molar-refractivity contribution in [2.75, 3.05) is 0 Å². The fourth-order valence-electron chi connectivity index (χ4n) is 16.2. The quantitative estimate of drug-likeness (QED) is 0.133. The molecule has 2 aliphatic carbocycles. The molecule has 540 valence electrons. The van der Waals surface area contributed by atoms with Gasteiger partial charge in [0.25, 0.3) is 0 Å². The molecular weight excluding hydrogens is 1730 g/mol. The van der Waals surface area contributed by atoms with Crippen LogP contribution in [0.5, 0.6) is 0 Å². The normalized spacial score (nSPS) is 13.3. The van der Waals surface area contributed by atoms with Gasteiger partial charge < -0.3 is 0 Å². The fourth-order valence-corrected chi connectivity index (χ4v) is 17.7. The number of fused-ring (bicyclic) bond motifs is 6. The Kier molecular flexibility index (Phi) is 19.4. The average Bonchev–Trinajstić information content (AvgIpc) is 1.49. The Bertz CT molecular complexity index is 5090. The molecule has 0 saturated heterocycles. The minimum atomic E-state index is -0.180. The number of rotatable bonds is 8. The summed E-state index contributed by atoms with van der Waals surface area (Å²) in [5.41, 5.74) is 39.6. The van der Waals surface area contributed by atoms with Crippen LogP contribution in [0.15, 0.2) is 194 Å². The van der Waals surface area contributed by atoms with Crippen LogP contribution < -0.4 is 0 Å². The summed E-state index contributed by atoms with van der Waals surface area (Å²) in [4.78, 5) is 0. The van der Waals surface area contributed by atoms with Gasteiger partial charge in [-0.1, -0.05) is 312 Å². The van der Waals surface area contributed by atoms with Crippen LogP contribution in [0.3, 0.4) is 0 Å². The van der Waals surface area contributed by atoms with Crippen molar-refractivity contribution in [3.05, 3.63) is 253 Å². The topological polar surface area (TPSA) is 0 Å². The predicted molar refractivity (Wildman–Crippen MR) is 497 cm³/mol. The maximum Gasteiger partial charge on any atom is 0.0130 e. The van der Waals surface area contributed by atoms with Gasteiger partial charge in [0.05, 0.1) is 0 Å². The van der Waals surface area contributed by atoms with Crippen molar-refractivity contribution in [2.24, 2.45) is 0 Å². The number of halogens is 4. The van der Waals surface area contributed by atoms with Crippen LogP contribution in [-0.2, 0) is 43.3 Å². The Morgan fingerprint density at radius 1 is 0.151 bits per heavy atom. The van der Waals surface area contributed by atoms with Crippen molar-refractivity contribution in [1.29, 1.82) is 0 Å². The second-order valence-electron chi connectivity index (χ2n) is 38.8. The van der Waals surface area contributed by atoms with E-state index in [0.29, 0.717) is 0 Å². The molecular formula is C102H104I4. The molecule has 0 unspecified atom stereocenters. The zero-order valence-corrected chi connectivity index (χ0v) is 75.6. The van der Waals surface area contributed by atoms with Crippen LogP contribution >= 0.6 is 90.4 Å². The van der Waals surface area contributed by atoms with Gasteiger partial charge in [0.1, 0.15) is 0 Å². The lowest BCUT2D eigenvalue weighted by Crippen LogP contribution is -2.18. The van der Waals surface area contributed by atoms with Gasteiger partial charge in [-0.3, -0.25) is 0 Å². The van der Waals surface area contributed by atoms with Gasteiger partial charge in [-0.2, -0.15) is 0 Å². The predicted octanol–water partition coefficient (Wildman–Crippen LogP) is 32.3. The molecule has 12 aromatic rings. The molecule has 0 spiro atoms. The van der Waals surface area contributed by atoms with E-state index in [-0.39, 0.29) is 43.3 Å². The molecule has 2 aliphatic rings. The minimum Gasteiger partial charge on any atom is -0.0561 e. The average molecular weight is 1840 g/mol. The van der Waals surface area contributed by atoms with Crippen molar-refractivity contribution in [3.8, 4) is 134 Å². The highest BCUT2D eigenvalue weighted by molar-refractivity contribution is 14.1. The molecule has 12 aromatic carbocycles. The van der Waals surface area contributed by atoms with Crippen LogP contribution in [0.1, 0.15) is 211 Å². The lowest BCUT2D eigenvalue weighted by atomic mass is 9.71. The fraction of sp³-hybridized carbons (Fsp3) is 0.314. The van der Waals surface area contributed by atoms with Gasteiger partial charge in [-0.25, -0.2) is 0 Å². The van der Waals surface area contributed by atoms with Gasteiger partial charge >= 0.3 is 0 Å². The first kappa shape index (κ1) is 76.6. The Labute approximate surface area is 689 Å². The third kappa shape index (κ3) is 14.0. The molecule has 0 heterocycles. The largest absolute Gasteiger partial charge is 0.0561 e. The monoisotopic (exact) mass is 1840 g/mol. The Morgan fingerprint density at radius 3 is 0.434 bits per heavy atom. The third-order valence-electron chi connectivity index (χ3n) is 22.6. The molecule has 0 aromatic heterocycles. The molecule has 0 N–H and O–H groups in total. The molecule has 0 amide bonds. The summed E-state index contributed by atoms with van der Waals surface area (Å²) in [6.07, 6.45) is 0. The molecule has 106 heavy (non-hydrogen) atoms. The van der Waals surface area contributed by atoms with Crippen molar-refractivity contribution in [3.63, 3.8) is 0 Å². The van der Waals surface area contributed by atoms with Crippen LogP contribution in [0.25, 0.3) is 144 Å². The van der Waals surface area contributed by atoms with Gasteiger partial charge in [0.15, 0.2) is 0 Å². The van der Waals surface area contributed by atoms with E-state index in [1.165, 1.54) is 203 Å². The highest BCUT2D eigenvalue weighted by atomic mass is 127. The van der Waals surface area contributed by atoms with E-state index < -0.39 is 0 Å². The second kappa shape index (κ2) is 26.8. The Balaban J connectivity index is 1.31. The van der Waals surface area contributed by atoms with E-state index in [2.05, 4.69) is 451 Å². The molecule has 0 radical (unpaired) electrons. The summed E-state index contributed by atoms with van der Waals surface area (Å²) in [5, 5.41) is 2.64. The lowest BCUT2D eigenvalue weighted by molar-refractivity contribution is 0.568. The first-order valence-electron chi connectivity index (χ1n) is 38.0. The first-order valence-corrected chi connectivity index (χ1v) is 42.4. The van der Waals surface area contributed by atoms with Gasteiger partial charge in [0.2, 0.25) is 0 Å². The zero-order valence-electron chi connectivity index (χ0n) is 67.0. The molecule has 0 nitrogen and oxygen atoms in total. The van der Waals surface area contributed by atoms with E-state index in [9.17, 15) is 0 Å². The molecule has 0 aliphatic heterocycles. The molecule has 4 heteroatoms. The Morgan fingerprint density at radius 2 is 0.283 bits per heavy atom. The van der Waals surface area contributed by atoms with Crippen molar-refractivity contribution in [2.45, 2.75) is 209 Å². The van der Waals surface area contributed by atoms with Crippen LogP contribution in [0.2, 0.25) is 0 Å². The zero-order chi connectivity index (χ0) is 76.6. The summed E-state index contributed by atoms with van der Waals surface area (Å²) in [6, 6.07) is 78.9. The SMILES string of the molecule is CC(C)(C)c1cc(-c2c(-c3cc(C(C)(C)C)cc(C(C)(C)C)c3)c(-c3cc(C(C)(C)C)cc(C(C)(C)C)c3)c3c(c2-c2cc(C(C)(C)C)cc(C(C)(C)C)c2)-c2ccc4c5c(ccc-3c25)-c2c(-c3ccc(I)cc3)c(-c3ccc(I)cc3)c(-c3ccc(I)cc3)c(-c3ccc(I)cc3)c2-4)cc(C(C)(C)C)c1. The smallest absolute Gasteiger partial charge is 0.0130 e. The minimum absolute atomic E-state index is 0.179. The molecule has 0 bridgehead atoms. The number of hydrogen-bond acceptors (Lipinski definition) is 0. The van der Waals surface area contributed by atoms with Crippen LogP contribution in [0.4, 0.5) is 0 Å². The van der Waals surface area contributed by atoms with E-state index in [1.54, 1.807) is 0 Å². The van der Waals surface area contributed by atoms with Crippen molar-refractivity contribution < 1.29 is 0 Å². The molecule has 0 saturated carbocycles. The lowest BCUT2D eigenvalue weighted by Gasteiger charge is -2.33.